The van der Waals surface area contributed by atoms with Crippen LogP contribution in [0.25, 0.3) is 33.5 Å². The monoisotopic (exact) mass is 682 g/mol. The fourth-order valence-electron chi connectivity index (χ4n) is 8.22. The number of ether oxygens (including phenoxy) is 1. The van der Waals surface area contributed by atoms with E-state index in [1.54, 1.807) is 17.9 Å². The molecule has 0 radical (unpaired) electrons. The number of amides is 1. The predicted molar refractivity (Wildman–Crippen MR) is 191 cm³/mol. The number of halogens is 1. The van der Waals surface area contributed by atoms with Gasteiger partial charge in [0.2, 0.25) is 0 Å². The number of piperidine rings is 2. The summed E-state index contributed by atoms with van der Waals surface area (Å²) in [7, 11) is 3.52. The molecular formula is C38H47FN8O3. The first-order chi connectivity index (χ1) is 24.2. The molecule has 2 saturated heterocycles. The molecular weight excluding hydrogens is 635 g/mol. The highest BCUT2D eigenvalue weighted by atomic mass is 19.1. The van der Waals surface area contributed by atoms with Gasteiger partial charge in [0.25, 0.3) is 5.91 Å². The van der Waals surface area contributed by atoms with Crippen molar-refractivity contribution in [3.05, 3.63) is 65.5 Å². The predicted octanol–water partition coefficient (Wildman–Crippen LogP) is 4.89. The van der Waals surface area contributed by atoms with Crippen molar-refractivity contribution in [2.75, 3.05) is 33.3 Å². The first-order valence-electron chi connectivity index (χ1n) is 18.0. The lowest BCUT2D eigenvalue weighted by molar-refractivity contribution is 0.00311. The smallest absolute Gasteiger partial charge is 0.254 e. The number of carbonyl (C=O) groups is 1. The van der Waals surface area contributed by atoms with Gasteiger partial charge in [0, 0.05) is 62.0 Å². The number of rotatable bonds is 9. The summed E-state index contributed by atoms with van der Waals surface area (Å²) in [4.78, 5) is 22.7. The van der Waals surface area contributed by atoms with Gasteiger partial charge in [0.1, 0.15) is 23.7 Å². The minimum absolute atomic E-state index is 0.0231. The molecule has 11 nitrogen and oxygen atoms in total. The minimum atomic E-state index is -1.15. The summed E-state index contributed by atoms with van der Waals surface area (Å²) in [5.74, 6) is 2.05. The third-order valence-electron chi connectivity index (χ3n) is 10.9. The number of aliphatic hydroxyl groups is 1. The number of para-hydroxylation sites is 1. The van der Waals surface area contributed by atoms with Crippen molar-refractivity contribution in [2.45, 2.75) is 76.5 Å². The molecule has 3 N–H and O–H groups in total. The second-order valence-electron chi connectivity index (χ2n) is 14.7. The van der Waals surface area contributed by atoms with E-state index in [9.17, 15) is 14.3 Å². The average Bonchev–Trinajstić information content (AvgIpc) is 3.55. The van der Waals surface area contributed by atoms with E-state index in [1.807, 2.05) is 32.4 Å². The number of carbonyl (C=O) groups excluding carboxylic acids is 1. The summed E-state index contributed by atoms with van der Waals surface area (Å²) in [6.07, 6.45) is 6.94. The maximum atomic E-state index is 14.5. The van der Waals surface area contributed by atoms with Gasteiger partial charge in [0.05, 0.1) is 43.1 Å². The van der Waals surface area contributed by atoms with Gasteiger partial charge in [-0.15, -0.1) is 0 Å². The third-order valence-corrected chi connectivity index (χ3v) is 10.9. The molecule has 0 bridgehead atoms. The SMILES string of the molecule is COc1cc(C(=O)N2C[C@H](N)C[C@@H](F)C2)cc2nc(-c3cc4cccc(C5CCN(C(C)O)CC5)c4n3CC3CC3)n(Cc3cnn(C)c3)c12. The Morgan fingerprint density at radius 1 is 1.10 bits per heavy atom. The zero-order chi connectivity index (χ0) is 34.7. The zero-order valence-electron chi connectivity index (χ0n) is 29.1. The van der Waals surface area contributed by atoms with Crippen LogP contribution < -0.4 is 10.5 Å². The number of aliphatic hydroxyl groups excluding tert-OH is 1. The molecule has 1 amide bonds. The van der Waals surface area contributed by atoms with Crippen molar-refractivity contribution in [1.82, 2.24) is 33.7 Å². The molecule has 5 heterocycles. The van der Waals surface area contributed by atoms with Crippen molar-refractivity contribution >= 4 is 27.8 Å². The average molecular weight is 683 g/mol. The van der Waals surface area contributed by atoms with Gasteiger partial charge in [-0.05, 0) is 74.6 Å². The summed E-state index contributed by atoms with van der Waals surface area (Å²) in [6.45, 7) is 5.32. The molecule has 12 heteroatoms. The first-order valence-corrected chi connectivity index (χ1v) is 18.0. The second kappa shape index (κ2) is 13.1. The summed E-state index contributed by atoms with van der Waals surface area (Å²) < 4.78 is 26.9. The fraction of sp³-hybridized carbons (Fsp3) is 0.500. The van der Waals surface area contributed by atoms with Crippen LogP contribution in [0.2, 0.25) is 0 Å². The molecule has 0 spiro atoms. The van der Waals surface area contributed by atoms with Gasteiger partial charge in [0.15, 0.2) is 5.82 Å². The molecule has 50 heavy (non-hydrogen) atoms. The quantitative estimate of drug-likeness (QED) is 0.227. The van der Waals surface area contributed by atoms with E-state index in [1.165, 1.54) is 34.2 Å². The van der Waals surface area contributed by atoms with Crippen LogP contribution in [0.4, 0.5) is 4.39 Å². The highest BCUT2D eigenvalue weighted by Crippen LogP contribution is 2.42. The standard InChI is InChI=1S/C38H47FN8O3/c1-23(48)44-11-9-26(10-12-44)31-6-4-5-27-14-33(46(35(27)31)19-24-7-8-24)37-42-32-13-28(38(49)45-21-29(39)16-30(40)22-45)15-34(50-3)36(32)47(37)20-25-17-41-43(2)18-25/h4-6,13-15,17-18,23-24,26,29-30,48H,7-12,16,19-22,40H2,1-3H3/t23?,29-,30-/m1/s1. The Balaban J connectivity index is 1.29. The highest BCUT2D eigenvalue weighted by molar-refractivity contribution is 6.00. The maximum absolute atomic E-state index is 14.5. The van der Waals surface area contributed by atoms with Crippen molar-refractivity contribution in [3.8, 4) is 17.3 Å². The van der Waals surface area contributed by atoms with Gasteiger partial charge in [-0.1, -0.05) is 18.2 Å². The Bertz CT molecular complexity index is 2030. The van der Waals surface area contributed by atoms with E-state index in [-0.39, 0.29) is 18.9 Å². The molecule has 5 aromatic rings. The highest BCUT2D eigenvalue weighted by Gasteiger charge is 2.32. The number of fused-ring (bicyclic) bond motifs is 2. The molecule has 3 aliphatic rings. The summed E-state index contributed by atoms with van der Waals surface area (Å²) in [5, 5.41) is 15.8. The van der Waals surface area contributed by atoms with Gasteiger partial charge in [-0.25, -0.2) is 9.37 Å². The van der Waals surface area contributed by atoms with Crippen LogP contribution in [-0.2, 0) is 20.1 Å². The van der Waals surface area contributed by atoms with Crippen molar-refractivity contribution < 1.29 is 19.0 Å². The van der Waals surface area contributed by atoms with E-state index in [2.05, 4.69) is 43.4 Å². The molecule has 2 aromatic carbocycles. The Morgan fingerprint density at radius 3 is 2.58 bits per heavy atom. The molecule has 1 aliphatic carbocycles. The zero-order valence-corrected chi connectivity index (χ0v) is 29.1. The van der Waals surface area contributed by atoms with Gasteiger partial charge in [-0.2, -0.15) is 5.10 Å². The number of hydrogen-bond donors (Lipinski definition) is 2. The van der Waals surface area contributed by atoms with Crippen LogP contribution in [0.1, 0.15) is 66.4 Å². The summed E-state index contributed by atoms with van der Waals surface area (Å²) >= 11 is 0. The molecule has 2 aliphatic heterocycles. The number of imidazole rings is 1. The fourth-order valence-corrected chi connectivity index (χ4v) is 8.22. The van der Waals surface area contributed by atoms with Crippen LogP contribution in [0.15, 0.2) is 48.8 Å². The van der Waals surface area contributed by atoms with E-state index in [0.717, 1.165) is 55.1 Å². The van der Waals surface area contributed by atoms with E-state index < -0.39 is 18.4 Å². The van der Waals surface area contributed by atoms with Crippen LogP contribution in [0.5, 0.6) is 5.75 Å². The lowest BCUT2D eigenvalue weighted by Crippen LogP contribution is -2.50. The third kappa shape index (κ3) is 6.18. The van der Waals surface area contributed by atoms with Crippen molar-refractivity contribution in [1.29, 1.82) is 0 Å². The Hall–Kier alpha value is -4.26. The number of hydrogen-bond acceptors (Lipinski definition) is 7. The maximum Gasteiger partial charge on any atom is 0.254 e. The van der Waals surface area contributed by atoms with Crippen molar-refractivity contribution in [2.24, 2.45) is 18.7 Å². The summed E-state index contributed by atoms with van der Waals surface area (Å²) in [5.41, 5.74) is 12.6. The minimum Gasteiger partial charge on any atom is -0.494 e. The summed E-state index contributed by atoms with van der Waals surface area (Å²) in [6, 6.07) is 12.1. The molecule has 8 rings (SSSR count). The molecule has 3 aromatic heterocycles. The number of likely N-dealkylation sites (tertiary alicyclic amines) is 2. The van der Waals surface area contributed by atoms with E-state index >= 15 is 0 Å². The largest absolute Gasteiger partial charge is 0.494 e. The normalized spacial score (nSPS) is 21.4. The van der Waals surface area contributed by atoms with E-state index in [4.69, 9.17) is 15.5 Å². The number of alkyl halides is 1. The molecule has 1 saturated carbocycles. The Kier molecular flexibility index (Phi) is 8.64. The number of benzene rings is 2. The first kappa shape index (κ1) is 32.9. The van der Waals surface area contributed by atoms with Crippen LogP contribution in [0, 0.1) is 5.92 Å². The number of aryl methyl sites for hydroxylation is 1. The molecule has 3 atom stereocenters. The molecule has 3 fully saturated rings. The number of methoxy groups -OCH3 is 1. The lowest BCUT2D eigenvalue weighted by Gasteiger charge is -2.34. The van der Waals surface area contributed by atoms with Crippen LogP contribution >= 0.6 is 0 Å². The Morgan fingerprint density at radius 2 is 1.90 bits per heavy atom. The molecule has 264 valence electrons. The number of nitrogens with zero attached hydrogens (tertiary/aromatic N) is 7. The van der Waals surface area contributed by atoms with Crippen molar-refractivity contribution in [3.63, 3.8) is 0 Å². The topological polar surface area (TPSA) is 120 Å². The van der Waals surface area contributed by atoms with Crippen LogP contribution in [0.3, 0.4) is 0 Å². The number of aromatic nitrogens is 5. The van der Waals surface area contributed by atoms with Gasteiger partial charge in [-0.3, -0.25) is 14.4 Å². The van der Waals surface area contributed by atoms with Gasteiger partial charge >= 0.3 is 0 Å². The van der Waals surface area contributed by atoms with E-state index in [0.29, 0.717) is 41.8 Å². The van der Waals surface area contributed by atoms with Gasteiger partial charge < -0.3 is 29.6 Å². The van der Waals surface area contributed by atoms with Crippen LogP contribution in [-0.4, -0.2) is 96.4 Å². The lowest BCUT2D eigenvalue weighted by atomic mass is 9.88. The molecule has 1 unspecified atom stereocenters. The Labute approximate surface area is 291 Å². The second-order valence-corrected chi connectivity index (χ2v) is 14.7. The number of nitrogens with two attached hydrogens (primary N) is 1.